The SMILES string of the molecule is Nc1nccn2c(C3CCC4CCC(=O)N4C3)nc(-c3ccc(C(=O)Nc4cc5ccccc5cn4)cc3)c12. The summed E-state index contributed by atoms with van der Waals surface area (Å²) in [5.74, 6) is 1.88. The zero-order valence-electron chi connectivity index (χ0n) is 21.2. The van der Waals surface area contributed by atoms with Crippen LogP contribution in [0.3, 0.4) is 0 Å². The van der Waals surface area contributed by atoms with Crippen LogP contribution in [-0.4, -0.2) is 48.7 Å². The number of carbonyl (C=O) groups excluding carboxylic acids is 2. The molecule has 2 atom stereocenters. The number of amides is 2. The number of nitrogens with two attached hydrogens (primary N) is 1. The van der Waals surface area contributed by atoms with Crippen LogP contribution in [0.2, 0.25) is 0 Å². The number of piperidine rings is 1. The molecule has 0 radical (unpaired) electrons. The Hall–Kier alpha value is -4.79. The van der Waals surface area contributed by atoms with Gasteiger partial charge in [0.25, 0.3) is 5.91 Å². The van der Waals surface area contributed by atoms with E-state index in [1.165, 1.54) is 0 Å². The molecule has 5 heterocycles. The highest BCUT2D eigenvalue weighted by molar-refractivity contribution is 6.05. The minimum atomic E-state index is -0.243. The Bertz CT molecular complexity index is 1740. The number of rotatable bonds is 4. The molecule has 3 N–H and O–H groups in total. The summed E-state index contributed by atoms with van der Waals surface area (Å²) in [6.45, 7) is 0.673. The predicted octanol–water partition coefficient (Wildman–Crippen LogP) is 4.65. The number of imidazole rings is 1. The Morgan fingerprint density at radius 3 is 2.67 bits per heavy atom. The highest BCUT2D eigenvalue weighted by Crippen LogP contribution is 2.38. The molecule has 0 aliphatic carbocycles. The number of benzene rings is 2. The first-order chi connectivity index (χ1) is 19.0. The normalized spacial score (nSPS) is 19.0. The molecule has 5 aromatic rings. The van der Waals surface area contributed by atoms with Crippen LogP contribution in [0, 0.1) is 0 Å². The molecule has 2 saturated heterocycles. The lowest BCUT2D eigenvalue weighted by Crippen LogP contribution is -2.41. The average Bonchev–Trinajstić information content (AvgIpc) is 3.54. The van der Waals surface area contributed by atoms with Gasteiger partial charge in [-0.3, -0.25) is 14.0 Å². The highest BCUT2D eigenvalue weighted by Gasteiger charge is 2.38. The number of nitrogens with one attached hydrogen (secondary N) is 1. The maximum Gasteiger partial charge on any atom is 0.256 e. The Balaban J connectivity index is 1.18. The summed E-state index contributed by atoms with van der Waals surface area (Å²) in [7, 11) is 0. The van der Waals surface area contributed by atoms with Crippen LogP contribution >= 0.6 is 0 Å². The van der Waals surface area contributed by atoms with Crippen molar-refractivity contribution in [3.05, 3.63) is 84.6 Å². The average molecular weight is 518 g/mol. The molecular formula is C30H27N7O2. The smallest absolute Gasteiger partial charge is 0.256 e. The van der Waals surface area contributed by atoms with Gasteiger partial charge in [-0.15, -0.1) is 0 Å². The molecular weight excluding hydrogens is 490 g/mol. The van der Waals surface area contributed by atoms with Crippen LogP contribution in [0.15, 0.2) is 73.2 Å². The van der Waals surface area contributed by atoms with E-state index >= 15 is 0 Å². The van der Waals surface area contributed by atoms with Crippen molar-refractivity contribution in [2.45, 2.75) is 37.6 Å². The number of nitrogen functional groups attached to an aromatic ring is 1. The van der Waals surface area contributed by atoms with Crippen LogP contribution in [0.25, 0.3) is 27.5 Å². The lowest BCUT2D eigenvalue weighted by molar-refractivity contribution is -0.130. The van der Waals surface area contributed by atoms with E-state index < -0.39 is 0 Å². The van der Waals surface area contributed by atoms with E-state index in [1.807, 2.05) is 58.0 Å². The molecule has 3 aromatic heterocycles. The quantitative estimate of drug-likeness (QED) is 0.358. The van der Waals surface area contributed by atoms with E-state index in [4.69, 9.17) is 10.7 Å². The van der Waals surface area contributed by atoms with E-state index in [1.54, 1.807) is 24.5 Å². The third-order valence-corrected chi connectivity index (χ3v) is 7.99. The molecule has 7 rings (SSSR count). The Kier molecular flexibility index (Phi) is 5.50. The van der Waals surface area contributed by atoms with E-state index in [-0.39, 0.29) is 17.7 Å². The van der Waals surface area contributed by atoms with Gasteiger partial charge in [0.2, 0.25) is 5.91 Å². The third-order valence-electron chi connectivity index (χ3n) is 7.99. The standard InChI is InChI=1S/C30H27N7O2/c31-28-27-26(35-29(36(27)14-13-32-28)22-9-10-23-11-12-25(38)37(23)17-22)18-5-7-19(8-6-18)30(39)34-24-15-20-3-1-2-4-21(20)16-33-24/h1-8,13-16,22-23H,9-12,17H2,(H2,31,32)(H,33,34,39). The van der Waals surface area contributed by atoms with E-state index in [9.17, 15) is 9.59 Å². The molecule has 2 fully saturated rings. The van der Waals surface area contributed by atoms with Crippen LogP contribution in [-0.2, 0) is 4.79 Å². The number of aromatic nitrogens is 4. The van der Waals surface area contributed by atoms with Crippen LogP contribution < -0.4 is 11.1 Å². The first kappa shape index (κ1) is 23.3. The number of carbonyl (C=O) groups is 2. The van der Waals surface area contributed by atoms with Gasteiger partial charge in [-0.1, -0.05) is 36.4 Å². The van der Waals surface area contributed by atoms with Crippen molar-refractivity contribution < 1.29 is 9.59 Å². The van der Waals surface area contributed by atoms with Gasteiger partial charge in [-0.05, 0) is 42.8 Å². The second-order valence-corrected chi connectivity index (χ2v) is 10.3. The molecule has 2 aliphatic rings. The molecule has 2 aromatic carbocycles. The number of nitrogens with zero attached hydrogens (tertiary/aromatic N) is 5. The first-order valence-corrected chi connectivity index (χ1v) is 13.2. The van der Waals surface area contributed by atoms with Gasteiger partial charge in [0, 0.05) is 60.0 Å². The monoisotopic (exact) mass is 517 g/mol. The van der Waals surface area contributed by atoms with Crippen molar-refractivity contribution in [3.63, 3.8) is 0 Å². The summed E-state index contributed by atoms with van der Waals surface area (Å²) >= 11 is 0. The summed E-state index contributed by atoms with van der Waals surface area (Å²) in [6.07, 6.45) is 8.85. The van der Waals surface area contributed by atoms with Crippen LogP contribution in [0.1, 0.15) is 47.8 Å². The van der Waals surface area contributed by atoms with Crippen molar-refractivity contribution in [1.29, 1.82) is 0 Å². The molecule has 2 aliphatic heterocycles. The molecule has 39 heavy (non-hydrogen) atoms. The number of fused-ring (bicyclic) bond motifs is 3. The fourth-order valence-electron chi connectivity index (χ4n) is 5.97. The minimum absolute atomic E-state index is 0.117. The van der Waals surface area contributed by atoms with Gasteiger partial charge in [0.15, 0.2) is 0 Å². The van der Waals surface area contributed by atoms with Gasteiger partial charge in [0.05, 0.1) is 0 Å². The number of hydrogen-bond acceptors (Lipinski definition) is 6. The van der Waals surface area contributed by atoms with Gasteiger partial charge in [0.1, 0.15) is 28.7 Å². The number of hydrogen-bond donors (Lipinski definition) is 2. The summed E-state index contributed by atoms with van der Waals surface area (Å²) < 4.78 is 2.01. The minimum Gasteiger partial charge on any atom is -0.382 e. The lowest BCUT2D eigenvalue weighted by atomic mass is 9.92. The number of pyridine rings is 1. The Morgan fingerprint density at radius 1 is 1.00 bits per heavy atom. The molecule has 0 bridgehead atoms. The van der Waals surface area contributed by atoms with Crippen LogP contribution in [0.4, 0.5) is 11.6 Å². The Labute approximate surface area is 224 Å². The van der Waals surface area contributed by atoms with Crippen molar-refractivity contribution in [1.82, 2.24) is 24.3 Å². The lowest BCUT2D eigenvalue weighted by Gasteiger charge is -2.34. The maximum atomic E-state index is 13.0. The highest BCUT2D eigenvalue weighted by atomic mass is 16.2. The topological polar surface area (TPSA) is 119 Å². The second kappa shape index (κ2) is 9.20. The van der Waals surface area contributed by atoms with Crippen molar-refractivity contribution in [2.75, 3.05) is 17.6 Å². The third kappa shape index (κ3) is 4.06. The van der Waals surface area contributed by atoms with E-state index in [0.717, 1.165) is 46.9 Å². The summed E-state index contributed by atoms with van der Waals surface area (Å²) in [5, 5.41) is 4.91. The first-order valence-electron chi connectivity index (χ1n) is 13.2. The largest absolute Gasteiger partial charge is 0.382 e. The predicted molar refractivity (Wildman–Crippen MR) is 149 cm³/mol. The number of anilines is 2. The molecule has 9 nitrogen and oxygen atoms in total. The van der Waals surface area contributed by atoms with Gasteiger partial charge in [-0.2, -0.15) is 0 Å². The summed E-state index contributed by atoms with van der Waals surface area (Å²) in [4.78, 5) is 41.1. The van der Waals surface area contributed by atoms with Gasteiger partial charge < -0.3 is 16.0 Å². The van der Waals surface area contributed by atoms with Crippen molar-refractivity contribution >= 4 is 39.7 Å². The fraction of sp³-hybridized carbons (Fsp3) is 0.233. The zero-order valence-corrected chi connectivity index (χ0v) is 21.2. The Morgan fingerprint density at radius 2 is 1.82 bits per heavy atom. The van der Waals surface area contributed by atoms with Crippen molar-refractivity contribution in [2.24, 2.45) is 0 Å². The zero-order chi connectivity index (χ0) is 26.5. The summed E-state index contributed by atoms with van der Waals surface area (Å²) in [6, 6.07) is 17.4. The van der Waals surface area contributed by atoms with Gasteiger partial charge in [-0.25, -0.2) is 15.0 Å². The molecule has 194 valence electrons. The van der Waals surface area contributed by atoms with E-state index in [0.29, 0.717) is 41.9 Å². The molecule has 9 heteroatoms. The van der Waals surface area contributed by atoms with Crippen LogP contribution in [0.5, 0.6) is 0 Å². The molecule has 0 spiro atoms. The van der Waals surface area contributed by atoms with Gasteiger partial charge >= 0.3 is 0 Å². The molecule has 2 unspecified atom stereocenters. The summed E-state index contributed by atoms with van der Waals surface area (Å²) in [5.41, 5.74) is 9.14. The fourth-order valence-corrected chi connectivity index (χ4v) is 5.97. The molecule has 0 saturated carbocycles. The molecule has 2 amide bonds. The maximum absolute atomic E-state index is 13.0. The van der Waals surface area contributed by atoms with E-state index in [2.05, 4.69) is 15.3 Å². The van der Waals surface area contributed by atoms with Crippen molar-refractivity contribution in [3.8, 4) is 11.3 Å². The second-order valence-electron chi connectivity index (χ2n) is 10.3.